The molecule has 0 spiro atoms. The van der Waals surface area contributed by atoms with Gasteiger partial charge in [0.25, 0.3) is 0 Å². The molecule has 0 saturated heterocycles. The third-order valence-corrected chi connectivity index (χ3v) is 3.97. The summed E-state index contributed by atoms with van der Waals surface area (Å²) in [6, 6.07) is 6.29. The molecule has 3 heteroatoms. The van der Waals surface area contributed by atoms with Crippen LogP contribution in [0.1, 0.15) is 42.1 Å². The number of aliphatic hydroxyl groups is 1. The van der Waals surface area contributed by atoms with Crippen molar-refractivity contribution in [3.8, 4) is 0 Å². The summed E-state index contributed by atoms with van der Waals surface area (Å²) in [5.41, 5.74) is 3.19. The Labute approximate surface area is 113 Å². The monoisotopic (exact) mass is 254 g/mol. The molecule has 19 heavy (non-hydrogen) atoms. The molecule has 1 atom stereocenters. The van der Waals surface area contributed by atoms with Crippen molar-refractivity contribution in [3.63, 3.8) is 0 Å². The van der Waals surface area contributed by atoms with E-state index in [-0.39, 0.29) is 0 Å². The predicted octanol–water partition coefficient (Wildman–Crippen LogP) is 2.61. The Bertz CT molecular complexity index is 579. The Morgan fingerprint density at radius 2 is 1.89 bits per heavy atom. The van der Waals surface area contributed by atoms with Crippen molar-refractivity contribution in [1.29, 1.82) is 0 Å². The SMILES string of the molecule is CC(O)(c1ccc2c(c1)CCCC2)c1cnccn1. The first-order valence-electron chi connectivity index (χ1n) is 6.79. The van der Waals surface area contributed by atoms with E-state index < -0.39 is 5.60 Å². The zero-order chi connectivity index (χ0) is 13.3. The van der Waals surface area contributed by atoms with Crippen molar-refractivity contribution >= 4 is 0 Å². The van der Waals surface area contributed by atoms with Crippen LogP contribution in [-0.2, 0) is 18.4 Å². The van der Waals surface area contributed by atoms with Gasteiger partial charge in [-0.25, -0.2) is 0 Å². The highest BCUT2D eigenvalue weighted by Gasteiger charge is 2.28. The molecule has 1 N–H and O–H groups in total. The van der Waals surface area contributed by atoms with E-state index in [0.717, 1.165) is 18.4 Å². The molecule has 0 radical (unpaired) electrons. The van der Waals surface area contributed by atoms with Crippen LogP contribution >= 0.6 is 0 Å². The molecule has 0 amide bonds. The van der Waals surface area contributed by atoms with Crippen LogP contribution in [0, 0.1) is 0 Å². The molecule has 0 aliphatic heterocycles. The van der Waals surface area contributed by atoms with Gasteiger partial charge in [0.05, 0.1) is 11.9 Å². The number of rotatable bonds is 2. The molecule has 1 aliphatic carbocycles. The van der Waals surface area contributed by atoms with Gasteiger partial charge in [0.2, 0.25) is 0 Å². The summed E-state index contributed by atoms with van der Waals surface area (Å²) in [6.45, 7) is 1.78. The third-order valence-electron chi connectivity index (χ3n) is 3.97. The van der Waals surface area contributed by atoms with Crippen LogP contribution in [0.4, 0.5) is 0 Å². The molecular formula is C16H18N2O. The molecule has 1 aliphatic rings. The third kappa shape index (κ3) is 2.26. The zero-order valence-electron chi connectivity index (χ0n) is 11.1. The van der Waals surface area contributed by atoms with Crippen molar-refractivity contribution in [2.75, 3.05) is 0 Å². The minimum atomic E-state index is -1.08. The van der Waals surface area contributed by atoms with Crippen LogP contribution in [0.15, 0.2) is 36.8 Å². The molecule has 98 valence electrons. The van der Waals surface area contributed by atoms with E-state index in [1.165, 1.54) is 24.0 Å². The normalized spacial score (nSPS) is 17.6. The number of hydrogen-bond acceptors (Lipinski definition) is 3. The van der Waals surface area contributed by atoms with Crippen LogP contribution in [0.2, 0.25) is 0 Å². The van der Waals surface area contributed by atoms with Crippen LogP contribution < -0.4 is 0 Å². The molecule has 3 rings (SSSR count). The summed E-state index contributed by atoms with van der Waals surface area (Å²) in [4.78, 5) is 8.27. The number of aryl methyl sites for hydroxylation is 2. The lowest BCUT2D eigenvalue weighted by Crippen LogP contribution is -2.25. The number of hydrogen-bond donors (Lipinski definition) is 1. The first kappa shape index (κ1) is 12.3. The minimum Gasteiger partial charge on any atom is -0.379 e. The van der Waals surface area contributed by atoms with Crippen LogP contribution in [0.5, 0.6) is 0 Å². The van der Waals surface area contributed by atoms with Gasteiger partial charge in [-0.2, -0.15) is 0 Å². The lowest BCUT2D eigenvalue weighted by molar-refractivity contribution is 0.0968. The maximum atomic E-state index is 10.8. The Hall–Kier alpha value is -1.74. The summed E-state index contributed by atoms with van der Waals surface area (Å²) in [5.74, 6) is 0. The van der Waals surface area contributed by atoms with Gasteiger partial charge in [0, 0.05) is 12.4 Å². The largest absolute Gasteiger partial charge is 0.379 e. The summed E-state index contributed by atoms with van der Waals surface area (Å²) in [6.07, 6.45) is 9.63. The maximum absolute atomic E-state index is 10.8. The lowest BCUT2D eigenvalue weighted by atomic mass is 9.85. The van der Waals surface area contributed by atoms with Crippen molar-refractivity contribution < 1.29 is 5.11 Å². The number of benzene rings is 1. The molecule has 2 aromatic rings. The van der Waals surface area contributed by atoms with Gasteiger partial charge in [0.15, 0.2) is 0 Å². The molecule has 1 unspecified atom stereocenters. The van der Waals surface area contributed by atoms with E-state index in [0.29, 0.717) is 5.69 Å². The van der Waals surface area contributed by atoms with Gasteiger partial charge in [-0.1, -0.05) is 18.2 Å². The van der Waals surface area contributed by atoms with Crippen molar-refractivity contribution in [2.24, 2.45) is 0 Å². The summed E-state index contributed by atoms with van der Waals surface area (Å²) >= 11 is 0. The van der Waals surface area contributed by atoms with E-state index in [1.54, 1.807) is 25.5 Å². The Balaban J connectivity index is 2.02. The first-order valence-corrected chi connectivity index (χ1v) is 6.79. The highest BCUT2D eigenvalue weighted by atomic mass is 16.3. The summed E-state index contributed by atoms with van der Waals surface area (Å²) in [5, 5.41) is 10.8. The minimum absolute atomic E-state index is 0.589. The lowest BCUT2D eigenvalue weighted by Gasteiger charge is -2.25. The molecule has 1 heterocycles. The molecule has 0 saturated carbocycles. The molecule has 3 nitrogen and oxygen atoms in total. The van der Waals surface area contributed by atoms with Gasteiger partial charge in [0.1, 0.15) is 5.60 Å². The van der Waals surface area contributed by atoms with Crippen molar-refractivity contribution in [1.82, 2.24) is 9.97 Å². The summed E-state index contributed by atoms with van der Waals surface area (Å²) < 4.78 is 0. The highest BCUT2D eigenvalue weighted by molar-refractivity contribution is 5.39. The Morgan fingerprint density at radius 3 is 2.63 bits per heavy atom. The highest BCUT2D eigenvalue weighted by Crippen LogP contribution is 2.31. The number of fused-ring (bicyclic) bond motifs is 1. The molecule has 0 fully saturated rings. The number of nitrogens with zero attached hydrogens (tertiary/aromatic N) is 2. The Kier molecular flexibility index (Phi) is 3.07. The van der Waals surface area contributed by atoms with Gasteiger partial charge in [-0.05, 0) is 49.3 Å². The molecular weight excluding hydrogens is 236 g/mol. The van der Waals surface area contributed by atoms with Crippen molar-refractivity contribution in [3.05, 3.63) is 59.2 Å². The summed E-state index contributed by atoms with van der Waals surface area (Å²) in [7, 11) is 0. The molecule has 1 aromatic heterocycles. The van der Waals surface area contributed by atoms with Gasteiger partial charge in [-0.3, -0.25) is 9.97 Å². The zero-order valence-corrected chi connectivity index (χ0v) is 11.1. The van der Waals surface area contributed by atoms with E-state index in [4.69, 9.17) is 0 Å². The van der Waals surface area contributed by atoms with E-state index in [2.05, 4.69) is 22.1 Å². The van der Waals surface area contributed by atoms with Crippen LogP contribution in [-0.4, -0.2) is 15.1 Å². The topological polar surface area (TPSA) is 46.0 Å². The van der Waals surface area contributed by atoms with Gasteiger partial charge < -0.3 is 5.11 Å². The average Bonchev–Trinajstić information content (AvgIpc) is 2.47. The van der Waals surface area contributed by atoms with Gasteiger partial charge in [-0.15, -0.1) is 0 Å². The second-order valence-electron chi connectivity index (χ2n) is 5.35. The van der Waals surface area contributed by atoms with Gasteiger partial charge >= 0.3 is 0 Å². The fourth-order valence-corrected chi connectivity index (χ4v) is 2.73. The maximum Gasteiger partial charge on any atom is 0.130 e. The molecule has 1 aromatic carbocycles. The first-order chi connectivity index (χ1) is 9.18. The van der Waals surface area contributed by atoms with Crippen LogP contribution in [0.3, 0.4) is 0 Å². The van der Waals surface area contributed by atoms with Crippen LogP contribution in [0.25, 0.3) is 0 Å². The van der Waals surface area contributed by atoms with E-state index >= 15 is 0 Å². The second kappa shape index (κ2) is 4.74. The van der Waals surface area contributed by atoms with E-state index in [9.17, 15) is 5.11 Å². The quantitative estimate of drug-likeness (QED) is 0.896. The standard InChI is InChI=1S/C16H18N2O/c1-16(19,15-11-17-8-9-18-15)14-7-6-12-4-2-3-5-13(12)10-14/h6-11,19H,2-5H2,1H3. The number of aromatic nitrogens is 2. The second-order valence-corrected chi connectivity index (χ2v) is 5.35. The molecule has 0 bridgehead atoms. The smallest absolute Gasteiger partial charge is 0.130 e. The fourth-order valence-electron chi connectivity index (χ4n) is 2.73. The Morgan fingerprint density at radius 1 is 1.11 bits per heavy atom. The fraction of sp³-hybridized carbons (Fsp3) is 0.375. The average molecular weight is 254 g/mol. The van der Waals surface area contributed by atoms with Crippen molar-refractivity contribution in [2.45, 2.75) is 38.2 Å². The van der Waals surface area contributed by atoms with E-state index in [1.807, 2.05) is 6.07 Å². The predicted molar refractivity (Wildman–Crippen MR) is 73.8 cm³/mol.